The summed E-state index contributed by atoms with van der Waals surface area (Å²) in [4.78, 5) is 155. The van der Waals surface area contributed by atoms with Gasteiger partial charge >= 0.3 is 5.97 Å². The standard InChI is InChI=1S/C56H87N15O15/c1-30(2)25-39(49(79)65-38(55(85)86)10-7-23-62-56(60)61)66-51(81)42(29-72)69-53(83)46(31(3)4)70-48(78)37(20-21-44(59)75)64-50(80)40(26-32-12-16-34(73)17-13-32)67-52(82)43-11-8-24-71(43)54(84)41(27-33-14-18-35(74)19-15-33)68-47(77)36(9-5-6-22-57)63-45(76)28-58/h12-19,30-31,36-43,46,72-74H,5-11,20-29,57-58H2,1-4H3,(H2,59,75)(H,63,76)(H,64,80)(H,65,79)(H,66,81)(H,67,82)(H,68,77)(H,69,83)(H,70,78)(H,85,86)(H4,60,61,62)/t36-,37-,38-,39-,40-,41-,42-,43-,46-/m0/s1. The van der Waals surface area contributed by atoms with Gasteiger partial charge in [0, 0.05) is 32.4 Å². The third kappa shape index (κ3) is 24.5. The molecule has 0 saturated carbocycles. The fourth-order valence-electron chi connectivity index (χ4n) is 9.28. The zero-order valence-corrected chi connectivity index (χ0v) is 49.1. The van der Waals surface area contributed by atoms with Crippen molar-refractivity contribution in [2.75, 3.05) is 32.8 Å². The molecule has 476 valence electrons. The predicted octanol–water partition coefficient (Wildman–Crippen LogP) is -4.06. The Labute approximate surface area is 498 Å². The molecule has 0 spiro atoms. The number of unbranched alkanes of at least 4 members (excludes halogenated alkanes) is 1. The number of benzene rings is 2. The van der Waals surface area contributed by atoms with Crippen molar-refractivity contribution in [3.63, 3.8) is 0 Å². The Bertz CT molecular complexity index is 2660. The number of carbonyl (C=O) groups is 11. The first-order valence-electron chi connectivity index (χ1n) is 28.5. The molecule has 1 aliphatic rings. The molecule has 3 rings (SSSR count). The number of guanidine groups is 1. The Kier molecular flexibility index (Phi) is 30.2. The van der Waals surface area contributed by atoms with Gasteiger partial charge in [-0.15, -0.1) is 0 Å². The number of carbonyl (C=O) groups excluding carboxylic acids is 10. The number of nitrogens with zero attached hydrogens (tertiary/aromatic N) is 2. The van der Waals surface area contributed by atoms with Crippen molar-refractivity contribution in [2.24, 2.45) is 45.5 Å². The van der Waals surface area contributed by atoms with E-state index in [-0.39, 0.29) is 81.4 Å². The molecule has 2 aromatic carbocycles. The topological polar surface area (TPSA) is 511 Å². The van der Waals surface area contributed by atoms with Gasteiger partial charge in [0.25, 0.3) is 0 Å². The second-order valence-electron chi connectivity index (χ2n) is 21.7. The maximum Gasteiger partial charge on any atom is 0.326 e. The predicted molar refractivity (Wildman–Crippen MR) is 313 cm³/mol. The number of primary amides is 1. The van der Waals surface area contributed by atoms with Crippen molar-refractivity contribution >= 4 is 71.0 Å². The summed E-state index contributed by atoms with van der Waals surface area (Å²) in [7, 11) is 0. The van der Waals surface area contributed by atoms with Crippen LogP contribution in [0.2, 0.25) is 0 Å². The lowest BCUT2D eigenvalue weighted by molar-refractivity contribution is -0.142. The van der Waals surface area contributed by atoms with Crippen LogP contribution in [0.5, 0.6) is 11.5 Å². The summed E-state index contributed by atoms with van der Waals surface area (Å²) in [5, 5.41) is 60.5. The average molecular weight is 1210 g/mol. The first kappa shape index (κ1) is 71.6. The van der Waals surface area contributed by atoms with Crippen molar-refractivity contribution in [3.05, 3.63) is 59.7 Å². The van der Waals surface area contributed by atoms with Crippen LogP contribution in [-0.4, -0.2) is 183 Å². The van der Waals surface area contributed by atoms with E-state index in [0.717, 1.165) is 0 Å². The molecule has 0 bridgehead atoms. The number of hydrogen-bond acceptors (Lipinski definition) is 17. The van der Waals surface area contributed by atoms with Crippen LogP contribution in [0.15, 0.2) is 53.5 Å². The molecule has 10 amide bonds. The van der Waals surface area contributed by atoms with Crippen molar-refractivity contribution in [2.45, 2.75) is 159 Å². The molecular weight excluding hydrogens is 1120 g/mol. The van der Waals surface area contributed by atoms with E-state index in [4.69, 9.17) is 28.7 Å². The van der Waals surface area contributed by atoms with Gasteiger partial charge in [0.1, 0.15) is 65.9 Å². The van der Waals surface area contributed by atoms with Gasteiger partial charge in [0.05, 0.1) is 13.2 Å². The van der Waals surface area contributed by atoms with Crippen LogP contribution in [0, 0.1) is 11.8 Å². The summed E-state index contributed by atoms with van der Waals surface area (Å²) < 4.78 is 0. The molecule has 30 nitrogen and oxygen atoms in total. The molecule has 30 heteroatoms. The lowest BCUT2D eigenvalue weighted by atomic mass is 10.00. The highest BCUT2D eigenvalue weighted by molar-refractivity contribution is 5.99. The maximum absolute atomic E-state index is 14.7. The lowest BCUT2D eigenvalue weighted by Gasteiger charge is -2.31. The fraction of sp³-hybridized carbons (Fsp3) is 0.571. The van der Waals surface area contributed by atoms with Crippen molar-refractivity contribution in [3.8, 4) is 11.5 Å². The molecule has 1 fully saturated rings. The molecule has 86 heavy (non-hydrogen) atoms. The van der Waals surface area contributed by atoms with Crippen LogP contribution in [-0.2, 0) is 65.6 Å². The largest absolute Gasteiger partial charge is 0.508 e. The van der Waals surface area contributed by atoms with Gasteiger partial charge in [-0.05, 0) is 112 Å². The number of phenolic OH excluding ortho intramolecular Hbond substituents is 2. The number of phenols is 2. The summed E-state index contributed by atoms with van der Waals surface area (Å²) in [5.41, 5.74) is 28.3. The van der Waals surface area contributed by atoms with E-state index in [1.807, 2.05) is 0 Å². The van der Waals surface area contributed by atoms with Crippen LogP contribution in [0.1, 0.15) is 103 Å². The average Bonchev–Trinajstić information content (AvgIpc) is 2.34. The molecule has 1 aliphatic heterocycles. The van der Waals surface area contributed by atoms with Crippen molar-refractivity contribution in [1.29, 1.82) is 0 Å². The van der Waals surface area contributed by atoms with E-state index < -0.39 is 151 Å². The van der Waals surface area contributed by atoms with E-state index in [1.165, 1.54) is 55.1 Å². The summed E-state index contributed by atoms with van der Waals surface area (Å²) >= 11 is 0. The third-order valence-electron chi connectivity index (χ3n) is 13.9. The number of amides is 10. The Hall–Kier alpha value is -8.64. The minimum Gasteiger partial charge on any atom is -0.508 e. The van der Waals surface area contributed by atoms with E-state index in [2.05, 4.69) is 47.5 Å². The number of carboxylic acid groups (broad SMARTS) is 1. The number of aliphatic hydroxyl groups excluding tert-OH is 1. The third-order valence-corrected chi connectivity index (χ3v) is 13.9. The summed E-state index contributed by atoms with van der Waals surface area (Å²) in [6.07, 6.45) is 0.400. The number of likely N-dealkylation sites (tertiary alicyclic amines) is 1. The number of nitrogens with one attached hydrogen (secondary N) is 8. The highest BCUT2D eigenvalue weighted by Gasteiger charge is 2.41. The number of aromatic hydroxyl groups is 2. The normalized spacial score (nSPS) is 15.7. The highest BCUT2D eigenvalue weighted by Crippen LogP contribution is 2.22. The Morgan fingerprint density at radius 3 is 1.63 bits per heavy atom. The molecule has 2 aromatic rings. The van der Waals surface area contributed by atoms with Gasteiger partial charge in [0.2, 0.25) is 59.1 Å². The number of aliphatic carboxylic acids is 1. The molecule has 0 aromatic heterocycles. The lowest BCUT2D eigenvalue weighted by Crippen LogP contribution is -2.61. The zero-order chi connectivity index (χ0) is 64.2. The van der Waals surface area contributed by atoms with Crippen LogP contribution in [0.25, 0.3) is 0 Å². The van der Waals surface area contributed by atoms with Crippen molar-refractivity contribution < 1.29 is 73.2 Å². The monoisotopic (exact) mass is 1210 g/mol. The second kappa shape index (κ2) is 36.3. The van der Waals surface area contributed by atoms with Crippen LogP contribution < -0.4 is 71.2 Å². The number of aliphatic imine (C=N–C) groups is 1. The van der Waals surface area contributed by atoms with Crippen LogP contribution >= 0.6 is 0 Å². The zero-order valence-electron chi connectivity index (χ0n) is 49.1. The molecule has 0 unspecified atom stereocenters. The molecular formula is C56H87N15O15. The Morgan fingerprint density at radius 1 is 0.593 bits per heavy atom. The highest BCUT2D eigenvalue weighted by atomic mass is 16.4. The first-order chi connectivity index (χ1) is 40.7. The molecule has 0 aliphatic carbocycles. The number of aliphatic hydroxyl groups is 1. The van der Waals surface area contributed by atoms with Gasteiger partial charge in [-0.3, -0.25) is 52.9 Å². The first-order valence-corrected chi connectivity index (χ1v) is 28.5. The molecule has 1 heterocycles. The SMILES string of the molecule is CC(C)C[C@H](NC(=O)[C@H](CO)NC(=O)[C@@H](NC(=O)[C@H](CCC(N)=O)NC(=O)[C@H](Cc1ccc(O)cc1)NC(=O)[C@@H]1CCCN1C(=O)[C@H](Cc1ccc(O)cc1)NC(=O)[C@H](CCCCN)NC(=O)CN)C(C)C)C(=O)N[C@@H](CCCN=C(N)N)C(=O)O. The van der Waals surface area contributed by atoms with Gasteiger partial charge in [-0.25, -0.2) is 4.79 Å². The smallest absolute Gasteiger partial charge is 0.326 e. The van der Waals surface area contributed by atoms with E-state index >= 15 is 0 Å². The van der Waals surface area contributed by atoms with Crippen LogP contribution in [0.3, 0.4) is 0 Å². The Morgan fingerprint density at radius 2 is 1.09 bits per heavy atom. The summed E-state index contributed by atoms with van der Waals surface area (Å²) in [6.45, 7) is 5.55. The number of rotatable bonds is 37. The molecule has 22 N–H and O–H groups in total. The van der Waals surface area contributed by atoms with E-state index in [9.17, 15) is 73.2 Å². The Balaban J connectivity index is 1.91. The number of hydrogen-bond donors (Lipinski definition) is 17. The summed E-state index contributed by atoms with van der Waals surface area (Å²) in [6, 6.07) is -1.26. The fourth-order valence-corrected chi connectivity index (χ4v) is 9.28. The van der Waals surface area contributed by atoms with Gasteiger partial charge in [-0.1, -0.05) is 52.0 Å². The summed E-state index contributed by atoms with van der Waals surface area (Å²) in [5.74, 6) is -11.3. The minimum absolute atomic E-state index is 0.00697. The van der Waals surface area contributed by atoms with Gasteiger partial charge in [-0.2, -0.15) is 0 Å². The van der Waals surface area contributed by atoms with Gasteiger partial charge < -0.3 is 96.5 Å². The second-order valence-corrected chi connectivity index (χ2v) is 21.7. The van der Waals surface area contributed by atoms with Crippen LogP contribution in [0.4, 0.5) is 0 Å². The van der Waals surface area contributed by atoms with E-state index in [1.54, 1.807) is 26.0 Å². The minimum atomic E-state index is -1.72. The maximum atomic E-state index is 14.7. The van der Waals surface area contributed by atoms with Crippen molar-refractivity contribution in [1.82, 2.24) is 47.4 Å². The number of nitrogens with two attached hydrogens (primary N) is 5. The number of carboxylic acids is 1. The molecule has 1 saturated heterocycles. The van der Waals surface area contributed by atoms with Gasteiger partial charge in [0.15, 0.2) is 5.96 Å². The molecule has 0 radical (unpaired) electrons. The quantitative estimate of drug-likeness (QED) is 0.0174. The molecule has 9 atom stereocenters. The van der Waals surface area contributed by atoms with E-state index in [0.29, 0.717) is 36.9 Å².